The molecule has 0 spiro atoms. The molecule has 0 aliphatic heterocycles. The summed E-state index contributed by atoms with van der Waals surface area (Å²) in [5.74, 6) is 4.00. The Bertz CT molecular complexity index is 483. The van der Waals surface area contributed by atoms with Crippen molar-refractivity contribution >= 4 is 0 Å². The minimum atomic E-state index is 0.839. The van der Waals surface area contributed by atoms with E-state index in [-0.39, 0.29) is 0 Å². The molecule has 1 aromatic rings. The molecule has 0 saturated heterocycles. The van der Waals surface area contributed by atoms with Crippen LogP contribution in [0.15, 0.2) is 24.3 Å². The Morgan fingerprint density at radius 3 is 1.65 bits per heavy atom. The third-order valence-electron chi connectivity index (χ3n) is 7.59. The summed E-state index contributed by atoms with van der Waals surface area (Å²) in [5, 5.41) is 0. The number of aryl methyl sites for hydroxylation is 1. The van der Waals surface area contributed by atoms with Crippen LogP contribution < -0.4 is 0 Å². The van der Waals surface area contributed by atoms with Gasteiger partial charge in [0.05, 0.1) is 0 Å². The van der Waals surface area contributed by atoms with Gasteiger partial charge in [0.2, 0.25) is 0 Å². The highest BCUT2D eigenvalue weighted by Gasteiger charge is 2.24. The molecular weight excluding hydrogens is 312 g/mol. The molecule has 0 nitrogen and oxygen atoms in total. The molecule has 1 aromatic carbocycles. The van der Waals surface area contributed by atoms with Gasteiger partial charge in [-0.1, -0.05) is 95.9 Å². The lowest BCUT2D eigenvalue weighted by Crippen LogP contribution is -2.16. The first-order valence-corrected chi connectivity index (χ1v) is 11.9. The van der Waals surface area contributed by atoms with Crippen molar-refractivity contribution in [1.82, 2.24) is 0 Å². The van der Waals surface area contributed by atoms with Crippen LogP contribution in [-0.4, -0.2) is 0 Å². The van der Waals surface area contributed by atoms with Gasteiger partial charge in [-0.15, -0.1) is 0 Å². The molecule has 0 N–H and O–H groups in total. The van der Waals surface area contributed by atoms with Gasteiger partial charge in [0.15, 0.2) is 0 Å². The van der Waals surface area contributed by atoms with E-state index in [1.165, 1.54) is 89.0 Å². The lowest BCUT2D eigenvalue weighted by molar-refractivity contribution is 0.236. The summed E-state index contributed by atoms with van der Waals surface area (Å²) >= 11 is 0. The fraction of sp³-hybridized carbons (Fsp3) is 0.769. The van der Waals surface area contributed by atoms with Crippen LogP contribution in [0.25, 0.3) is 0 Å². The molecule has 146 valence electrons. The summed E-state index contributed by atoms with van der Waals surface area (Å²) in [4.78, 5) is 0. The average molecular weight is 355 g/mol. The normalized spacial score (nSPS) is 29.6. The van der Waals surface area contributed by atoms with Gasteiger partial charge in [-0.25, -0.2) is 0 Å². The van der Waals surface area contributed by atoms with Crippen LogP contribution >= 0.6 is 0 Å². The Balaban J connectivity index is 1.30. The molecule has 3 rings (SSSR count). The zero-order valence-corrected chi connectivity index (χ0v) is 17.5. The average Bonchev–Trinajstić information content (AvgIpc) is 2.70. The molecule has 0 unspecified atom stereocenters. The van der Waals surface area contributed by atoms with Gasteiger partial charge in [-0.3, -0.25) is 0 Å². The summed E-state index contributed by atoms with van der Waals surface area (Å²) < 4.78 is 0. The highest BCUT2D eigenvalue weighted by Crippen LogP contribution is 2.39. The van der Waals surface area contributed by atoms with Gasteiger partial charge < -0.3 is 0 Å². The van der Waals surface area contributed by atoms with E-state index in [2.05, 4.69) is 38.1 Å². The quantitative estimate of drug-likeness (QED) is 0.440. The van der Waals surface area contributed by atoms with Gasteiger partial charge >= 0.3 is 0 Å². The third-order valence-corrected chi connectivity index (χ3v) is 7.59. The van der Waals surface area contributed by atoms with Gasteiger partial charge in [-0.05, 0) is 66.9 Å². The van der Waals surface area contributed by atoms with Gasteiger partial charge in [-0.2, -0.15) is 0 Å². The summed E-state index contributed by atoms with van der Waals surface area (Å²) in [5.41, 5.74) is 3.08. The van der Waals surface area contributed by atoms with E-state index in [1.807, 2.05) is 0 Å². The van der Waals surface area contributed by atoms with Crippen molar-refractivity contribution in [3.63, 3.8) is 0 Å². The van der Waals surface area contributed by atoms with Crippen LogP contribution in [0.2, 0.25) is 0 Å². The second-order valence-corrected chi connectivity index (χ2v) is 9.42. The molecule has 2 saturated carbocycles. The first-order chi connectivity index (χ1) is 12.8. The van der Waals surface area contributed by atoms with Crippen molar-refractivity contribution in [1.29, 1.82) is 0 Å². The first-order valence-electron chi connectivity index (χ1n) is 11.9. The van der Waals surface area contributed by atoms with Crippen LogP contribution in [-0.2, 0) is 6.42 Å². The lowest BCUT2D eigenvalue weighted by atomic mass is 9.75. The smallest absolute Gasteiger partial charge is 0.0162 e. The van der Waals surface area contributed by atoms with E-state index in [0.717, 1.165) is 30.1 Å². The maximum Gasteiger partial charge on any atom is -0.0162 e. The van der Waals surface area contributed by atoms with E-state index in [9.17, 15) is 0 Å². The lowest BCUT2D eigenvalue weighted by Gasteiger charge is -2.31. The van der Waals surface area contributed by atoms with Crippen molar-refractivity contribution in [3.8, 4) is 0 Å². The fourth-order valence-corrected chi connectivity index (χ4v) is 5.72. The predicted molar refractivity (Wildman–Crippen MR) is 115 cm³/mol. The maximum atomic E-state index is 2.40. The van der Waals surface area contributed by atoms with Crippen molar-refractivity contribution in [2.45, 2.75) is 110 Å². The molecule has 0 heterocycles. The molecule has 26 heavy (non-hydrogen) atoms. The van der Waals surface area contributed by atoms with Gasteiger partial charge in [0.25, 0.3) is 0 Å². The molecule has 0 radical (unpaired) electrons. The van der Waals surface area contributed by atoms with Crippen LogP contribution in [0.5, 0.6) is 0 Å². The Hall–Kier alpha value is -0.780. The molecule has 0 amide bonds. The minimum absolute atomic E-state index is 0.839. The minimum Gasteiger partial charge on any atom is -0.0654 e. The predicted octanol–water partition coefficient (Wildman–Crippen LogP) is 8.30. The van der Waals surface area contributed by atoms with Crippen LogP contribution in [0.1, 0.15) is 114 Å². The Morgan fingerprint density at radius 1 is 0.654 bits per heavy atom. The molecule has 2 aliphatic rings. The summed E-state index contributed by atoms with van der Waals surface area (Å²) in [6, 6.07) is 9.49. The van der Waals surface area contributed by atoms with Gasteiger partial charge in [0.1, 0.15) is 0 Å². The Morgan fingerprint density at radius 2 is 1.15 bits per heavy atom. The zero-order chi connectivity index (χ0) is 18.2. The van der Waals surface area contributed by atoms with Gasteiger partial charge in [0, 0.05) is 0 Å². The third kappa shape index (κ3) is 5.86. The highest BCUT2D eigenvalue weighted by molar-refractivity contribution is 5.25. The first kappa shape index (κ1) is 20.0. The van der Waals surface area contributed by atoms with Crippen molar-refractivity contribution in [2.24, 2.45) is 17.8 Å². The molecule has 2 fully saturated rings. The Kier molecular flexibility index (Phi) is 8.08. The van der Waals surface area contributed by atoms with Crippen LogP contribution in [0.4, 0.5) is 0 Å². The molecule has 2 aliphatic carbocycles. The maximum absolute atomic E-state index is 2.40. The van der Waals surface area contributed by atoms with Crippen LogP contribution in [0.3, 0.4) is 0 Å². The molecule has 0 aromatic heterocycles. The zero-order valence-electron chi connectivity index (χ0n) is 17.5. The van der Waals surface area contributed by atoms with E-state index in [1.54, 1.807) is 5.56 Å². The number of rotatable bonds is 8. The number of hydrogen-bond acceptors (Lipinski definition) is 0. The molecule has 0 heteroatoms. The second-order valence-electron chi connectivity index (χ2n) is 9.42. The molecule has 0 atom stereocenters. The second kappa shape index (κ2) is 10.5. The van der Waals surface area contributed by atoms with E-state index in [4.69, 9.17) is 0 Å². The van der Waals surface area contributed by atoms with Crippen LogP contribution in [0, 0.1) is 17.8 Å². The monoisotopic (exact) mass is 354 g/mol. The van der Waals surface area contributed by atoms with Crippen molar-refractivity contribution in [3.05, 3.63) is 35.4 Å². The van der Waals surface area contributed by atoms with Crippen molar-refractivity contribution in [2.75, 3.05) is 0 Å². The number of hydrogen-bond donors (Lipinski definition) is 0. The van der Waals surface area contributed by atoms with E-state index < -0.39 is 0 Å². The summed E-state index contributed by atoms with van der Waals surface area (Å²) in [6.45, 7) is 4.60. The highest BCUT2D eigenvalue weighted by atomic mass is 14.3. The Labute approximate surface area is 163 Å². The summed E-state index contributed by atoms with van der Waals surface area (Å²) in [7, 11) is 0. The molecular formula is C26H42. The van der Waals surface area contributed by atoms with Crippen molar-refractivity contribution < 1.29 is 0 Å². The van der Waals surface area contributed by atoms with E-state index in [0.29, 0.717) is 0 Å². The van der Waals surface area contributed by atoms with E-state index >= 15 is 0 Å². The number of benzene rings is 1. The molecule has 0 bridgehead atoms. The SMILES string of the molecule is CCCC1CCC(CCCC2CCC(c3ccc(CC)cc3)CC2)CC1. The topological polar surface area (TPSA) is 0 Å². The standard InChI is InChI=1S/C26H42/c1-3-6-22-9-11-23(12-10-22)7-5-8-24-15-19-26(20-16-24)25-17-13-21(4-2)14-18-25/h13-14,17-18,22-24,26H,3-12,15-16,19-20H2,1-2H3. The fourth-order valence-electron chi connectivity index (χ4n) is 5.72. The summed E-state index contributed by atoms with van der Waals surface area (Å²) in [6.07, 6.45) is 20.5. The largest absolute Gasteiger partial charge is 0.0654 e.